The molecule has 1 aliphatic rings. The molecule has 1 atom stereocenters. The van der Waals surface area contributed by atoms with Crippen molar-refractivity contribution in [2.45, 2.75) is 19.4 Å². The van der Waals surface area contributed by atoms with Gasteiger partial charge in [-0.3, -0.25) is 4.79 Å². The Morgan fingerprint density at radius 1 is 1.00 bits per heavy atom. The number of rotatable bonds is 9. The van der Waals surface area contributed by atoms with Crippen LogP contribution in [0.5, 0.6) is 17.2 Å². The highest BCUT2D eigenvalue weighted by Crippen LogP contribution is 2.37. The number of aryl methyl sites for hydroxylation is 1. The number of hydrogen-bond donors (Lipinski definition) is 0. The van der Waals surface area contributed by atoms with E-state index in [9.17, 15) is 9.59 Å². The third-order valence-corrected chi connectivity index (χ3v) is 6.48. The topological polar surface area (TPSA) is 86.7 Å². The van der Waals surface area contributed by atoms with Crippen LogP contribution in [0.3, 0.4) is 0 Å². The van der Waals surface area contributed by atoms with Crippen LogP contribution in [-0.4, -0.2) is 50.0 Å². The Kier molecular flexibility index (Phi) is 7.67. The van der Waals surface area contributed by atoms with Crippen LogP contribution in [0.25, 0.3) is 0 Å². The Hall–Kier alpha value is -3.85. The second-order valence-corrected chi connectivity index (χ2v) is 8.76. The molecule has 0 bridgehead atoms. The number of carbonyl (C=O) groups excluding carboxylic acids is 2. The third-order valence-electron chi connectivity index (χ3n) is 5.56. The number of benzene rings is 2. The van der Waals surface area contributed by atoms with Crippen LogP contribution in [0.1, 0.15) is 28.5 Å². The number of amides is 1. The minimum atomic E-state index is -0.633. The van der Waals surface area contributed by atoms with Gasteiger partial charge in [0, 0.05) is 6.42 Å². The summed E-state index contributed by atoms with van der Waals surface area (Å²) in [6.07, 6.45) is 0.520. The van der Waals surface area contributed by atoms with E-state index in [-0.39, 0.29) is 12.6 Å². The predicted molar refractivity (Wildman–Crippen MR) is 132 cm³/mol. The van der Waals surface area contributed by atoms with Crippen LogP contribution in [0.2, 0.25) is 0 Å². The molecule has 1 aliphatic heterocycles. The van der Waals surface area contributed by atoms with Crippen LogP contribution in [-0.2, 0) is 14.3 Å². The van der Waals surface area contributed by atoms with Crippen molar-refractivity contribution in [2.24, 2.45) is 5.10 Å². The van der Waals surface area contributed by atoms with Crippen LogP contribution < -0.4 is 14.2 Å². The molecule has 0 fully saturated rings. The van der Waals surface area contributed by atoms with E-state index in [2.05, 4.69) is 5.10 Å². The fourth-order valence-corrected chi connectivity index (χ4v) is 4.48. The normalized spacial score (nSPS) is 14.9. The summed E-state index contributed by atoms with van der Waals surface area (Å²) in [4.78, 5) is 26.3. The van der Waals surface area contributed by atoms with E-state index in [1.807, 2.05) is 54.8 Å². The Bertz CT molecular complexity index is 1220. The first-order valence-electron chi connectivity index (χ1n) is 11.0. The first-order chi connectivity index (χ1) is 17.0. The molecular formula is C26H26N2O6S. The quantitative estimate of drug-likeness (QED) is 0.411. The summed E-state index contributed by atoms with van der Waals surface area (Å²) in [5.41, 5.74) is 2.53. The van der Waals surface area contributed by atoms with Gasteiger partial charge in [0.15, 0.2) is 24.7 Å². The molecule has 182 valence electrons. The van der Waals surface area contributed by atoms with E-state index < -0.39 is 18.5 Å². The zero-order chi connectivity index (χ0) is 24.8. The molecule has 0 spiro atoms. The molecule has 0 N–H and O–H groups in total. The first-order valence-corrected chi connectivity index (χ1v) is 11.9. The van der Waals surface area contributed by atoms with Gasteiger partial charge >= 0.3 is 5.97 Å². The SMILES string of the molecule is COc1ccc(C2CC(c3cccs3)=NN2C(=O)COC(=O)COc2ccccc2C)cc1OC. The van der Waals surface area contributed by atoms with Gasteiger partial charge in [0.1, 0.15) is 5.75 Å². The second kappa shape index (κ2) is 11.1. The molecule has 2 heterocycles. The van der Waals surface area contributed by atoms with Crippen LogP contribution in [0.15, 0.2) is 65.1 Å². The fraction of sp³-hybridized carbons (Fsp3) is 0.269. The summed E-state index contributed by atoms with van der Waals surface area (Å²) < 4.78 is 21.5. The van der Waals surface area contributed by atoms with Gasteiger partial charge in [0.05, 0.1) is 30.9 Å². The van der Waals surface area contributed by atoms with Crippen molar-refractivity contribution in [3.63, 3.8) is 0 Å². The lowest BCUT2D eigenvalue weighted by Crippen LogP contribution is -2.32. The minimum absolute atomic E-state index is 0.291. The molecular weight excluding hydrogens is 468 g/mol. The molecule has 1 amide bonds. The summed E-state index contributed by atoms with van der Waals surface area (Å²) in [5.74, 6) is 0.677. The first kappa shape index (κ1) is 24.3. The lowest BCUT2D eigenvalue weighted by atomic mass is 10.0. The summed E-state index contributed by atoms with van der Waals surface area (Å²) >= 11 is 1.55. The number of para-hydroxylation sites is 1. The lowest BCUT2D eigenvalue weighted by Gasteiger charge is -2.22. The monoisotopic (exact) mass is 494 g/mol. The standard InChI is InChI=1S/C26H26N2O6S/c1-17-7-4-5-8-21(17)33-16-26(30)34-15-25(29)28-20(14-19(27-28)24-9-6-12-35-24)18-10-11-22(31-2)23(13-18)32-3/h4-13,20H,14-16H2,1-3H3. The Morgan fingerprint density at radius 2 is 1.80 bits per heavy atom. The molecule has 0 aliphatic carbocycles. The smallest absolute Gasteiger partial charge is 0.344 e. The van der Waals surface area contributed by atoms with E-state index >= 15 is 0 Å². The number of hydrogen-bond acceptors (Lipinski definition) is 8. The summed E-state index contributed by atoms with van der Waals surface area (Å²) in [6.45, 7) is 1.15. The Labute approximate surface area is 207 Å². The Balaban J connectivity index is 1.46. The molecule has 4 rings (SSSR count). The summed E-state index contributed by atoms with van der Waals surface area (Å²) in [7, 11) is 3.13. The third kappa shape index (κ3) is 5.63. The number of thiophene rings is 1. The maximum Gasteiger partial charge on any atom is 0.344 e. The van der Waals surface area contributed by atoms with Crippen molar-refractivity contribution in [3.05, 3.63) is 76.0 Å². The summed E-state index contributed by atoms with van der Waals surface area (Å²) in [6, 6.07) is 16.4. The van der Waals surface area contributed by atoms with Gasteiger partial charge in [-0.2, -0.15) is 5.10 Å². The predicted octanol–water partition coefficient (Wildman–Crippen LogP) is 4.37. The van der Waals surface area contributed by atoms with Crippen molar-refractivity contribution in [1.82, 2.24) is 5.01 Å². The molecule has 2 aromatic carbocycles. The minimum Gasteiger partial charge on any atom is -0.493 e. The number of nitrogens with zero attached hydrogens (tertiary/aromatic N) is 2. The zero-order valence-corrected chi connectivity index (χ0v) is 20.5. The second-order valence-electron chi connectivity index (χ2n) is 7.81. The molecule has 0 saturated heterocycles. The maximum absolute atomic E-state index is 13.1. The molecule has 3 aromatic rings. The van der Waals surface area contributed by atoms with Gasteiger partial charge in [0.2, 0.25) is 0 Å². The molecule has 1 aromatic heterocycles. The number of carbonyl (C=O) groups is 2. The summed E-state index contributed by atoms with van der Waals surface area (Å²) in [5, 5.41) is 7.93. The zero-order valence-electron chi connectivity index (χ0n) is 19.7. The van der Waals surface area contributed by atoms with Crippen molar-refractivity contribution in [3.8, 4) is 17.2 Å². The average molecular weight is 495 g/mol. The fourth-order valence-electron chi connectivity index (χ4n) is 3.76. The molecule has 35 heavy (non-hydrogen) atoms. The van der Waals surface area contributed by atoms with E-state index in [1.165, 1.54) is 5.01 Å². The highest BCUT2D eigenvalue weighted by molar-refractivity contribution is 7.12. The van der Waals surface area contributed by atoms with Crippen LogP contribution in [0, 0.1) is 6.92 Å². The number of hydrazone groups is 1. The maximum atomic E-state index is 13.1. The van der Waals surface area contributed by atoms with E-state index in [0.717, 1.165) is 21.7 Å². The number of methoxy groups -OCH3 is 2. The van der Waals surface area contributed by atoms with Crippen molar-refractivity contribution >= 4 is 28.9 Å². The van der Waals surface area contributed by atoms with Gasteiger partial charge in [-0.25, -0.2) is 9.80 Å². The largest absolute Gasteiger partial charge is 0.493 e. The lowest BCUT2D eigenvalue weighted by molar-refractivity contribution is -0.154. The molecule has 0 saturated carbocycles. The highest BCUT2D eigenvalue weighted by atomic mass is 32.1. The van der Waals surface area contributed by atoms with Gasteiger partial charge < -0.3 is 18.9 Å². The van der Waals surface area contributed by atoms with Gasteiger partial charge in [-0.15, -0.1) is 11.3 Å². The van der Waals surface area contributed by atoms with Gasteiger partial charge in [-0.05, 0) is 47.7 Å². The number of ether oxygens (including phenoxy) is 4. The molecule has 1 unspecified atom stereocenters. The van der Waals surface area contributed by atoms with Gasteiger partial charge in [-0.1, -0.05) is 30.3 Å². The van der Waals surface area contributed by atoms with E-state index in [0.29, 0.717) is 23.7 Å². The molecule has 0 radical (unpaired) electrons. The van der Waals surface area contributed by atoms with Crippen LogP contribution >= 0.6 is 11.3 Å². The molecule has 9 heteroatoms. The van der Waals surface area contributed by atoms with E-state index in [4.69, 9.17) is 18.9 Å². The Morgan fingerprint density at radius 3 is 2.51 bits per heavy atom. The average Bonchev–Trinajstić information content (AvgIpc) is 3.57. The van der Waals surface area contributed by atoms with Crippen LogP contribution in [0.4, 0.5) is 0 Å². The van der Waals surface area contributed by atoms with E-state index in [1.54, 1.807) is 37.7 Å². The van der Waals surface area contributed by atoms with Gasteiger partial charge in [0.25, 0.3) is 5.91 Å². The van der Waals surface area contributed by atoms with Crippen molar-refractivity contribution in [2.75, 3.05) is 27.4 Å². The van der Waals surface area contributed by atoms with Crippen molar-refractivity contribution in [1.29, 1.82) is 0 Å². The van der Waals surface area contributed by atoms with Crippen molar-refractivity contribution < 1.29 is 28.5 Å². The number of esters is 1. The molecule has 8 nitrogen and oxygen atoms in total. The highest BCUT2D eigenvalue weighted by Gasteiger charge is 2.34.